The average molecular weight is 287 g/mol. The van der Waals surface area contributed by atoms with Crippen LogP contribution in [0.5, 0.6) is 0 Å². The molecule has 0 bridgehead atoms. The maximum atomic E-state index is 13.3. The van der Waals surface area contributed by atoms with Crippen molar-refractivity contribution in [2.24, 2.45) is 5.41 Å². The molecular formula is C14H13F4NO. The highest BCUT2D eigenvalue weighted by atomic mass is 19.4. The lowest BCUT2D eigenvalue weighted by Crippen LogP contribution is -2.24. The van der Waals surface area contributed by atoms with E-state index in [1.54, 1.807) is 0 Å². The number of halogens is 4. The van der Waals surface area contributed by atoms with E-state index < -0.39 is 29.1 Å². The third-order valence-electron chi connectivity index (χ3n) is 3.81. The molecule has 0 amide bonds. The first kappa shape index (κ1) is 14.8. The number of alkyl halides is 3. The lowest BCUT2D eigenvalue weighted by atomic mass is 9.78. The summed E-state index contributed by atoms with van der Waals surface area (Å²) in [5, 5.41) is 19.4. The summed E-state index contributed by atoms with van der Waals surface area (Å²) in [6.45, 7) is 0. The van der Waals surface area contributed by atoms with E-state index >= 15 is 0 Å². The van der Waals surface area contributed by atoms with E-state index in [9.17, 15) is 27.9 Å². The first-order chi connectivity index (χ1) is 9.28. The van der Waals surface area contributed by atoms with Gasteiger partial charge in [0.15, 0.2) is 0 Å². The van der Waals surface area contributed by atoms with Crippen LogP contribution in [0.2, 0.25) is 0 Å². The largest absolute Gasteiger partial charge is 0.416 e. The SMILES string of the molecule is N#CC1(C(O)c2cc(F)cc(C(F)(F)F)c2)CCCC1. The molecule has 1 saturated carbocycles. The molecule has 2 rings (SSSR count). The zero-order valence-corrected chi connectivity index (χ0v) is 10.5. The third-order valence-corrected chi connectivity index (χ3v) is 3.81. The van der Waals surface area contributed by atoms with Gasteiger partial charge in [-0.05, 0) is 36.6 Å². The van der Waals surface area contributed by atoms with Crippen LogP contribution in [0.4, 0.5) is 17.6 Å². The van der Waals surface area contributed by atoms with E-state index in [1.807, 2.05) is 6.07 Å². The Morgan fingerprint density at radius 3 is 2.30 bits per heavy atom. The van der Waals surface area contributed by atoms with Gasteiger partial charge in [0.2, 0.25) is 0 Å². The molecule has 1 fully saturated rings. The Hall–Kier alpha value is -1.61. The standard InChI is InChI=1S/C14H13F4NO/c15-11-6-9(5-10(7-11)14(16,17)18)12(20)13(8-19)3-1-2-4-13/h5-7,12,20H,1-4H2. The average Bonchev–Trinajstić information content (AvgIpc) is 2.86. The van der Waals surface area contributed by atoms with Gasteiger partial charge in [-0.25, -0.2) is 4.39 Å². The summed E-state index contributed by atoms with van der Waals surface area (Å²) in [5.74, 6) is -1.07. The minimum absolute atomic E-state index is 0.194. The number of aliphatic hydroxyl groups is 1. The van der Waals surface area contributed by atoms with Gasteiger partial charge in [0.25, 0.3) is 0 Å². The highest BCUT2D eigenvalue weighted by molar-refractivity contribution is 5.31. The summed E-state index contributed by atoms with van der Waals surface area (Å²) in [7, 11) is 0. The van der Waals surface area contributed by atoms with Crippen molar-refractivity contribution in [3.63, 3.8) is 0 Å². The predicted molar refractivity (Wildman–Crippen MR) is 62.9 cm³/mol. The molecule has 1 N–H and O–H groups in total. The van der Waals surface area contributed by atoms with Crippen LogP contribution in [-0.4, -0.2) is 5.11 Å². The number of aliphatic hydroxyl groups excluding tert-OH is 1. The van der Waals surface area contributed by atoms with Crippen LogP contribution in [0.3, 0.4) is 0 Å². The molecule has 1 aromatic carbocycles. The minimum Gasteiger partial charge on any atom is -0.387 e. The summed E-state index contributed by atoms with van der Waals surface area (Å²) in [6, 6.07) is 3.95. The Bertz CT molecular complexity index is 541. The van der Waals surface area contributed by atoms with Gasteiger partial charge in [-0.3, -0.25) is 0 Å². The second-order valence-corrected chi connectivity index (χ2v) is 5.15. The predicted octanol–water partition coefficient (Wildman–Crippen LogP) is 3.96. The van der Waals surface area contributed by atoms with Crippen LogP contribution in [0.1, 0.15) is 42.9 Å². The van der Waals surface area contributed by atoms with Crippen molar-refractivity contribution in [2.75, 3.05) is 0 Å². The van der Waals surface area contributed by atoms with E-state index in [2.05, 4.69) is 0 Å². The van der Waals surface area contributed by atoms with Crippen LogP contribution in [0, 0.1) is 22.6 Å². The van der Waals surface area contributed by atoms with E-state index in [0.29, 0.717) is 25.0 Å². The van der Waals surface area contributed by atoms with E-state index in [0.717, 1.165) is 18.9 Å². The van der Waals surface area contributed by atoms with Gasteiger partial charge in [0.1, 0.15) is 5.82 Å². The molecule has 0 saturated heterocycles. The number of nitriles is 1. The van der Waals surface area contributed by atoms with Crippen LogP contribution in [0.15, 0.2) is 18.2 Å². The molecule has 6 heteroatoms. The quantitative estimate of drug-likeness (QED) is 0.837. The Balaban J connectivity index is 2.42. The summed E-state index contributed by atoms with van der Waals surface area (Å²) >= 11 is 0. The van der Waals surface area contributed by atoms with Crippen molar-refractivity contribution in [3.05, 3.63) is 35.1 Å². The summed E-state index contributed by atoms with van der Waals surface area (Å²) in [4.78, 5) is 0. The Kier molecular flexibility index (Phi) is 3.74. The number of nitrogens with zero attached hydrogens (tertiary/aromatic N) is 1. The van der Waals surface area contributed by atoms with Gasteiger partial charge in [-0.2, -0.15) is 18.4 Å². The smallest absolute Gasteiger partial charge is 0.387 e. The van der Waals surface area contributed by atoms with Gasteiger partial charge in [0, 0.05) is 0 Å². The van der Waals surface area contributed by atoms with Crippen molar-refractivity contribution in [2.45, 2.75) is 38.0 Å². The highest BCUT2D eigenvalue weighted by Gasteiger charge is 2.42. The maximum Gasteiger partial charge on any atom is 0.416 e. The van der Waals surface area contributed by atoms with Crippen LogP contribution in [0.25, 0.3) is 0 Å². The first-order valence-corrected chi connectivity index (χ1v) is 6.25. The molecule has 1 unspecified atom stereocenters. The van der Waals surface area contributed by atoms with E-state index in [1.165, 1.54) is 0 Å². The number of hydrogen-bond donors (Lipinski definition) is 1. The summed E-state index contributed by atoms with van der Waals surface area (Å²) < 4.78 is 51.3. The Morgan fingerprint density at radius 1 is 1.20 bits per heavy atom. The molecule has 1 atom stereocenters. The molecule has 20 heavy (non-hydrogen) atoms. The minimum atomic E-state index is -4.69. The normalized spacial score (nSPS) is 19.6. The van der Waals surface area contributed by atoms with Gasteiger partial charge in [0.05, 0.1) is 23.2 Å². The molecule has 1 aliphatic rings. The molecule has 0 spiro atoms. The fourth-order valence-corrected chi connectivity index (χ4v) is 2.71. The van der Waals surface area contributed by atoms with Gasteiger partial charge < -0.3 is 5.11 Å². The van der Waals surface area contributed by atoms with Crippen molar-refractivity contribution < 1.29 is 22.7 Å². The number of rotatable bonds is 2. The molecule has 108 valence electrons. The molecule has 1 aromatic rings. The fourth-order valence-electron chi connectivity index (χ4n) is 2.71. The van der Waals surface area contributed by atoms with Crippen LogP contribution >= 0.6 is 0 Å². The van der Waals surface area contributed by atoms with Gasteiger partial charge in [-0.1, -0.05) is 12.8 Å². The first-order valence-electron chi connectivity index (χ1n) is 6.25. The van der Waals surface area contributed by atoms with E-state index in [-0.39, 0.29) is 5.56 Å². The van der Waals surface area contributed by atoms with Crippen molar-refractivity contribution in [3.8, 4) is 6.07 Å². The topological polar surface area (TPSA) is 44.0 Å². The Morgan fingerprint density at radius 2 is 1.80 bits per heavy atom. The molecule has 1 aliphatic carbocycles. The lowest BCUT2D eigenvalue weighted by molar-refractivity contribution is -0.137. The fraction of sp³-hybridized carbons (Fsp3) is 0.500. The number of hydrogen-bond acceptors (Lipinski definition) is 2. The van der Waals surface area contributed by atoms with Crippen molar-refractivity contribution in [1.29, 1.82) is 5.26 Å². The molecule has 0 aliphatic heterocycles. The molecule has 0 aromatic heterocycles. The molecular weight excluding hydrogens is 274 g/mol. The van der Waals surface area contributed by atoms with Crippen molar-refractivity contribution in [1.82, 2.24) is 0 Å². The number of benzene rings is 1. The van der Waals surface area contributed by atoms with Gasteiger partial charge >= 0.3 is 6.18 Å². The zero-order chi connectivity index (χ0) is 15.0. The monoisotopic (exact) mass is 287 g/mol. The summed E-state index contributed by atoms with van der Waals surface area (Å²) in [6.07, 6.45) is -3.83. The maximum absolute atomic E-state index is 13.3. The van der Waals surface area contributed by atoms with Crippen molar-refractivity contribution >= 4 is 0 Å². The second kappa shape index (κ2) is 5.06. The summed E-state index contributed by atoms with van der Waals surface area (Å²) in [5.41, 5.74) is -2.46. The van der Waals surface area contributed by atoms with Crippen LogP contribution in [-0.2, 0) is 6.18 Å². The highest BCUT2D eigenvalue weighted by Crippen LogP contribution is 2.47. The van der Waals surface area contributed by atoms with Gasteiger partial charge in [-0.15, -0.1) is 0 Å². The third kappa shape index (κ3) is 2.63. The molecule has 0 radical (unpaired) electrons. The lowest BCUT2D eigenvalue weighted by Gasteiger charge is -2.27. The van der Waals surface area contributed by atoms with Crippen LogP contribution < -0.4 is 0 Å². The van der Waals surface area contributed by atoms with E-state index in [4.69, 9.17) is 0 Å². The Labute approximate surface area is 113 Å². The second-order valence-electron chi connectivity index (χ2n) is 5.15. The molecule has 0 heterocycles. The molecule has 2 nitrogen and oxygen atoms in total. The zero-order valence-electron chi connectivity index (χ0n) is 10.5.